The predicted molar refractivity (Wildman–Crippen MR) is 80.5 cm³/mol. The Kier molecular flexibility index (Phi) is 4.17. The second-order valence-electron chi connectivity index (χ2n) is 5.12. The summed E-state index contributed by atoms with van der Waals surface area (Å²) in [7, 11) is 0. The number of aromatic nitrogens is 1. The minimum Gasteiger partial charge on any atom is -0.311 e. The molecule has 2 rings (SSSR count). The molecule has 0 aliphatic rings. The number of benzene rings is 1. The molecule has 0 unspecified atom stereocenters. The van der Waals surface area contributed by atoms with Gasteiger partial charge < -0.3 is 9.88 Å². The molecule has 100 valence electrons. The Morgan fingerprint density at radius 2 is 2.05 bits per heavy atom. The van der Waals surface area contributed by atoms with Gasteiger partial charge in [-0.2, -0.15) is 0 Å². The lowest BCUT2D eigenvalue weighted by atomic mass is 10.1. The molecular formula is C16H20N2O. The number of rotatable bonds is 5. The van der Waals surface area contributed by atoms with E-state index in [9.17, 15) is 4.79 Å². The maximum Gasteiger partial charge on any atom is 0.258 e. The average Bonchev–Trinajstić information content (AvgIpc) is 2.40. The van der Waals surface area contributed by atoms with Crippen molar-refractivity contribution in [2.24, 2.45) is 0 Å². The molecule has 0 saturated heterocycles. The molecule has 3 heteroatoms. The first kappa shape index (κ1) is 13.6. The van der Waals surface area contributed by atoms with E-state index >= 15 is 0 Å². The summed E-state index contributed by atoms with van der Waals surface area (Å²) in [4.78, 5) is 12.3. The first-order chi connectivity index (χ1) is 9.08. The van der Waals surface area contributed by atoms with Crippen molar-refractivity contribution in [1.82, 2.24) is 9.88 Å². The van der Waals surface area contributed by atoms with Crippen molar-refractivity contribution < 1.29 is 0 Å². The van der Waals surface area contributed by atoms with Crippen LogP contribution < -0.4 is 10.9 Å². The molecule has 0 atom stereocenters. The third-order valence-corrected chi connectivity index (χ3v) is 3.04. The van der Waals surface area contributed by atoms with Crippen molar-refractivity contribution in [3.05, 3.63) is 59.0 Å². The Balaban J connectivity index is 2.20. The first-order valence-corrected chi connectivity index (χ1v) is 6.56. The maximum atomic E-state index is 12.3. The van der Waals surface area contributed by atoms with E-state index in [4.69, 9.17) is 0 Å². The van der Waals surface area contributed by atoms with E-state index in [1.807, 2.05) is 36.5 Å². The highest BCUT2D eigenvalue weighted by molar-refractivity contribution is 5.81. The molecule has 19 heavy (non-hydrogen) atoms. The second kappa shape index (κ2) is 5.85. The molecule has 1 aromatic heterocycles. The van der Waals surface area contributed by atoms with Gasteiger partial charge in [-0.25, -0.2) is 0 Å². The summed E-state index contributed by atoms with van der Waals surface area (Å²) in [5.41, 5.74) is 1.05. The van der Waals surface area contributed by atoms with Crippen LogP contribution >= 0.6 is 0 Å². The van der Waals surface area contributed by atoms with E-state index in [1.54, 1.807) is 4.57 Å². The van der Waals surface area contributed by atoms with Gasteiger partial charge in [0.1, 0.15) is 0 Å². The smallest absolute Gasteiger partial charge is 0.258 e. The molecule has 0 bridgehead atoms. The highest BCUT2D eigenvalue weighted by Crippen LogP contribution is 2.08. The van der Waals surface area contributed by atoms with Crippen LogP contribution in [-0.2, 0) is 6.54 Å². The van der Waals surface area contributed by atoms with Crippen molar-refractivity contribution in [2.75, 3.05) is 6.54 Å². The van der Waals surface area contributed by atoms with Crippen LogP contribution in [0.1, 0.15) is 13.8 Å². The minimum absolute atomic E-state index is 0.0452. The van der Waals surface area contributed by atoms with Crippen molar-refractivity contribution >= 4 is 10.8 Å². The molecule has 1 aromatic carbocycles. The summed E-state index contributed by atoms with van der Waals surface area (Å²) in [6.07, 6.45) is 1.84. The molecule has 1 heterocycles. The van der Waals surface area contributed by atoms with Crippen LogP contribution in [-0.4, -0.2) is 17.2 Å². The van der Waals surface area contributed by atoms with Gasteiger partial charge >= 0.3 is 0 Å². The van der Waals surface area contributed by atoms with E-state index < -0.39 is 0 Å². The molecule has 0 saturated carbocycles. The van der Waals surface area contributed by atoms with E-state index in [-0.39, 0.29) is 5.56 Å². The van der Waals surface area contributed by atoms with E-state index in [2.05, 4.69) is 25.7 Å². The number of fused-ring (bicyclic) bond motifs is 1. The summed E-state index contributed by atoms with van der Waals surface area (Å²) in [5.74, 6) is 0. The van der Waals surface area contributed by atoms with Gasteiger partial charge in [-0.15, -0.1) is 0 Å². The minimum atomic E-state index is 0.0452. The molecular weight excluding hydrogens is 236 g/mol. The summed E-state index contributed by atoms with van der Waals surface area (Å²) in [6.45, 7) is 9.50. The van der Waals surface area contributed by atoms with Crippen molar-refractivity contribution in [2.45, 2.75) is 26.4 Å². The third kappa shape index (κ3) is 3.32. The number of nitrogens with zero attached hydrogens (tertiary/aromatic N) is 1. The fraction of sp³-hybridized carbons (Fsp3) is 0.312. The van der Waals surface area contributed by atoms with Gasteiger partial charge in [-0.05, 0) is 23.1 Å². The predicted octanol–water partition coefficient (Wildman–Crippen LogP) is 2.56. The van der Waals surface area contributed by atoms with Gasteiger partial charge in [0.15, 0.2) is 0 Å². The van der Waals surface area contributed by atoms with Crippen LogP contribution in [0.15, 0.2) is 53.5 Å². The normalized spacial score (nSPS) is 11.1. The summed E-state index contributed by atoms with van der Waals surface area (Å²) < 4.78 is 1.71. The quantitative estimate of drug-likeness (QED) is 0.834. The Labute approximate surface area is 113 Å². The average molecular weight is 256 g/mol. The van der Waals surface area contributed by atoms with Crippen LogP contribution in [0.5, 0.6) is 0 Å². The lowest BCUT2D eigenvalue weighted by Crippen LogP contribution is -2.28. The maximum absolute atomic E-state index is 12.3. The van der Waals surface area contributed by atoms with Gasteiger partial charge in [0.2, 0.25) is 0 Å². The fourth-order valence-corrected chi connectivity index (χ4v) is 2.00. The molecule has 0 spiro atoms. The Morgan fingerprint density at radius 3 is 2.79 bits per heavy atom. The Morgan fingerprint density at radius 1 is 1.32 bits per heavy atom. The highest BCUT2D eigenvalue weighted by Gasteiger charge is 2.03. The van der Waals surface area contributed by atoms with Crippen LogP contribution in [0.4, 0.5) is 0 Å². The van der Waals surface area contributed by atoms with Crippen molar-refractivity contribution in [3.8, 4) is 0 Å². The monoisotopic (exact) mass is 256 g/mol. The number of hydrogen-bond donors (Lipinski definition) is 1. The number of hydrogen-bond acceptors (Lipinski definition) is 2. The summed E-state index contributed by atoms with van der Waals surface area (Å²) in [6, 6.07) is 10.0. The van der Waals surface area contributed by atoms with Gasteiger partial charge in [-0.3, -0.25) is 4.79 Å². The van der Waals surface area contributed by atoms with E-state index in [1.165, 1.54) is 0 Å². The molecule has 0 aliphatic carbocycles. The molecule has 1 N–H and O–H groups in total. The largest absolute Gasteiger partial charge is 0.311 e. The third-order valence-electron chi connectivity index (χ3n) is 3.04. The number of nitrogens with one attached hydrogen (secondary N) is 1. The lowest BCUT2D eigenvalue weighted by molar-refractivity contribution is 0.601. The van der Waals surface area contributed by atoms with Gasteiger partial charge in [0, 0.05) is 30.7 Å². The Hall–Kier alpha value is -1.87. The van der Waals surface area contributed by atoms with Crippen LogP contribution in [0.3, 0.4) is 0 Å². The molecule has 0 fully saturated rings. The second-order valence-corrected chi connectivity index (χ2v) is 5.12. The van der Waals surface area contributed by atoms with E-state index in [0.717, 1.165) is 22.9 Å². The van der Waals surface area contributed by atoms with E-state index in [0.29, 0.717) is 12.6 Å². The summed E-state index contributed by atoms with van der Waals surface area (Å²) in [5, 5.41) is 5.05. The molecule has 0 amide bonds. The lowest BCUT2D eigenvalue weighted by Gasteiger charge is -2.12. The molecule has 0 radical (unpaired) electrons. The fourth-order valence-electron chi connectivity index (χ4n) is 2.00. The number of pyridine rings is 1. The van der Waals surface area contributed by atoms with Crippen molar-refractivity contribution in [3.63, 3.8) is 0 Å². The highest BCUT2D eigenvalue weighted by atomic mass is 16.1. The first-order valence-electron chi connectivity index (χ1n) is 6.56. The van der Waals surface area contributed by atoms with Gasteiger partial charge in [0.25, 0.3) is 5.56 Å². The van der Waals surface area contributed by atoms with Gasteiger partial charge in [0.05, 0.1) is 0 Å². The van der Waals surface area contributed by atoms with Gasteiger partial charge in [-0.1, -0.05) is 38.6 Å². The Bertz CT molecular complexity index is 640. The summed E-state index contributed by atoms with van der Waals surface area (Å²) >= 11 is 0. The zero-order chi connectivity index (χ0) is 13.8. The molecule has 2 aromatic rings. The van der Waals surface area contributed by atoms with Crippen LogP contribution in [0.2, 0.25) is 0 Å². The SMILES string of the molecule is C=C(CNC(C)C)Cn1ccc2ccccc2c1=O. The molecule has 0 aliphatic heterocycles. The zero-order valence-electron chi connectivity index (χ0n) is 11.5. The topological polar surface area (TPSA) is 34.0 Å². The molecule has 3 nitrogen and oxygen atoms in total. The van der Waals surface area contributed by atoms with Crippen LogP contribution in [0.25, 0.3) is 10.8 Å². The van der Waals surface area contributed by atoms with Crippen LogP contribution in [0, 0.1) is 0 Å². The standard InChI is InChI=1S/C16H20N2O/c1-12(2)17-10-13(3)11-18-9-8-14-6-4-5-7-15(14)16(18)19/h4-9,12,17H,3,10-11H2,1-2H3. The zero-order valence-corrected chi connectivity index (χ0v) is 11.5. The van der Waals surface area contributed by atoms with Crippen molar-refractivity contribution in [1.29, 1.82) is 0 Å².